The van der Waals surface area contributed by atoms with Crippen LogP contribution in [-0.4, -0.2) is 12.6 Å². The van der Waals surface area contributed by atoms with Crippen molar-refractivity contribution >= 4 is 17.0 Å². The van der Waals surface area contributed by atoms with Crippen LogP contribution in [0.4, 0.5) is 0 Å². The molecule has 0 aliphatic heterocycles. The molecule has 3 heteroatoms. The van der Waals surface area contributed by atoms with E-state index in [2.05, 4.69) is 4.99 Å². The maximum absolute atomic E-state index is 9.86. The van der Waals surface area contributed by atoms with Gasteiger partial charge < -0.3 is 4.42 Å². The number of carbonyl (C=O) groups excluding carboxylic acids is 1. The number of isocyanates is 1. The fourth-order valence-electron chi connectivity index (χ4n) is 1.40. The highest BCUT2D eigenvalue weighted by Crippen LogP contribution is 2.17. The van der Waals surface area contributed by atoms with E-state index in [0.717, 1.165) is 23.0 Å². The number of hydrogen-bond acceptors (Lipinski definition) is 3. The molecule has 0 atom stereocenters. The van der Waals surface area contributed by atoms with E-state index >= 15 is 0 Å². The average molecular weight is 187 g/mol. The molecule has 3 nitrogen and oxygen atoms in total. The Bertz CT molecular complexity index is 481. The predicted molar refractivity (Wildman–Crippen MR) is 52.9 cm³/mol. The Morgan fingerprint density at radius 2 is 2.29 bits per heavy atom. The van der Waals surface area contributed by atoms with Gasteiger partial charge in [0.2, 0.25) is 6.08 Å². The van der Waals surface area contributed by atoms with Gasteiger partial charge in [0, 0.05) is 5.39 Å². The van der Waals surface area contributed by atoms with Crippen LogP contribution < -0.4 is 0 Å². The third kappa shape index (κ3) is 1.73. The smallest absolute Gasteiger partial charge is 0.234 e. The molecule has 1 aromatic heterocycles. The normalized spacial score (nSPS) is 10.0. The second-order valence-corrected chi connectivity index (χ2v) is 3.02. The number of benzene rings is 1. The lowest BCUT2D eigenvalue weighted by Gasteiger charge is -1.96. The first-order chi connectivity index (χ1) is 6.90. The van der Waals surface area contributed by atoms with Crippen LogP contribution >= 0.6 is 0 Å². The fraction of sp³-hybridized carbons (Fsp3) is 0.182. The van der Waals surface area contributed by atoms with Crippen LogP contribution in [-0.2, 0) is 11.2 Å². The average Bonchev–Trinajstić information content (AvgIpc) is 2.65. The zero-order valence-corrected chi connectivity index (χ0v) is 7.56. The van der Waals surface area contributed by atoms with Crippen LogP contribution in [0.25, 0.3) is 11.0 Å². The number of aliphatic imine (C=N–C) groups is 1. The van der Waals surface area contributed by atoms with Crippen molar-refractivity contribution < 1.29 is 9.21 Å². The fourth-order valence-corrected chi connectivity index (χ4v) is 1.40. The highest BCUT2D eigenvalue weighted by molar-refractivity contribution is 5.77. The Morgan fingerprint density at radius 1 is 1.36 bits per heavy atom. The summed E-state index contributed by atoms with van der Waals surface area (Å²) in [5, 5.41) is 1.08. The van der Waals surface area contributed by atoms with Gasteiger partial charge >= 0.3 is 0 Å². The van der Waals surface area contributed by atoms with Gasteiger partial charge in [-0.05, 0) is 30.2 Å². The lowest BCUT2D eigenvalue weighted by Crippen LogP contribution is -1.88. The molecule has 2 aromatic rings. The van der Waals surface area contributed by atoms with Crippen molar-refractivity contribution in [1.82, 2.24) is 0 Å². The molecule has 0 aliphatic carbocycles. The minimum Gasteiger partial charge on any atom is -0.464 e. The summed E-state index contributed by atoms with van der Waals surface area (Å²) in [6.45, 7) is 0.493. The van der Waals surface area contributed by atoms with Crippen molar-refractivity contribution in [3.05, 3.63) is 36.1 Å². The lowest BCUT2D eigenvalue weighted by atomic mass is 10.1. The maximum Gasteiger partial charge on any atom is 0.234 e. The number of hydrogen-bond donors (Lipinski definition) is 0. The summed E-state index contributed by atoms with van der Waals surface area (Å²) < 4.78 is 5.21. The molecule has 0 bridgehead atoms. The largest absolute Gasteiger partial charge is 0.464 e. The Hall–Kier alpha value is -1.86. The zero-order chi connectivity index (χ0) is 9.80. The first-order valence-electron chi connectivity index (χ1n) is 4.40. The van der Waals surface area contributed by atoms with E-state index in [9.17, 15) is 4.79 Å². The highest BCUT2D eigenvalue weighted by Gasteiger charge is 1.97. The van der Waals surface area contributed by atoms with Gasteiger partial charge in [-0.25, -0.2) is 9.79 Å². The van der Waals surface area contributed by atoms with Crippen LogP contribution in [0, 0.1) is 0 Å². The molecule has 0 unspecified atom stereocenters. The van der Waals surface area contributed by atoms with Crippen molar-refractivity contribution in [1.29, 1.82) is 0 Å². The summed E-state index contributed by atoms with van der Waals surface area (Å²) in [6, 6.07) is 7.86. The van der Waals surface area contributed by atoms with Gasteiger partial charge in [0.15, 0.2) is 0 Å². The van der Waals surface area contributed by atoms with Crippen LogP contribution in [0.3, 0.4) is 0 Å². The molecule has 0 fully saturated rings. The molecule has 14 heavy (non-hydrogen) atoms. The van der Waals surface area contributed by atoms with Crippen LogP contribution in [0.2, 0.25) is 0 Å². The number of fused-ring (bicyclic) bond motifs is 1. The van der Waals surface area contributed by atoms with E-state index in [1.165, 1.54) is 6.08 Å². The van der Waals surface area contributed by atoms with Crippen molar-refractivity contribution in [2.75, 3.05) is 6.54 Å². The zero-order valence-electron chi connectivity index (χ0n) is 7.56. The van der Waals surface area contributed by atoms with Gasteiger partial charge in [0.05, 0.1) is 12.8 Å². The molecule has 1 heterocycles. The lowest BCUT2D eigenvalue weighted by molar-refractivity contribution is 0.563. The molecular weight excluding hydrogens is 178 g/mol. The van der Waals surface area contributed by atoms with E-state index in [0.29, 0.717) is 6.54 Å². The van der Waals surface area contributed by atoms with E-state index in [4.69, 9.17) is 4.42 Å². The summed E-state index contributed by atoms with van der Waals surface area (Å²) in [5.41, 5.74) is 2.03. The van der Waals surface area contributed by atoms with Gasteiger partial charge in [0.25, 0.3) is 0 Å². The summed E-state index contributed by atoms with van der Waals surface area (Å²) in [6.07, 6.45) is 3.95. The Morgan fingerprint density at radius 3 is 3.14 bits per heavy atom. The Labute approximate surface area is 81.1 Å². The summed E-state index contributed by atoms with van der Waals surface area (Å²) >= 11 is 0. The molecule has 0 aliphatic rings. The summed E-state index contributed by atoms with van der Waals surface area (Å²) in [7, 11) is 0. The van der Waals surface area contributed by atoms with Gasteiger partial charge in [-0.2, -0.15) is 0 Å². The standard InChI is InChI=1S/C11H9NO2/c13-8-12-5-3-9-1-2-11-10(7-9)4-6-14-11/h1-2,4,6-7H,3,5H2. The van der Waals surface area contributed by atoms with Crippen molar-refractivity contribution in [2.45, 2.75) is 6.42 Å². The third-order valence-electron chi connectivity index (χ3n) is 2.09. The van der Waals surface area contributed by atoms with Gasteiger partial charge in [-0.1, -0.05) is 6.07 Å². The molecule has 0 spiro atoms. The number of rotatable bonds is 3. The van der Waals surface area contributed by atoms with Crippen LogP contribution in [0.15, 0.2) is 39.9 Å². The van der Waals surface area contributed by atoms with E-state index < -0.39 is 0 Å². The Kier molecular flexibility index (Phi) is 2.43. The summed E-state index contributed by atoms with van der Waals surface area (Å²) in [4.78, 5) is 13.4. The van der Waals surface area contributed by atoms with Crippen LogP contribution in [0.1, 0.15) is 5.56 Å². The Balaban J connectivity index is 2.21. The van der Waals surface area contributed by atoms with E-state index in [1.807, 2.05) is 24.3 Å². The van der Waals surface area contributed by atoms with E-state index in [1.54, 1.807) is 6.26 Å². The first-order valence-corrected chi connectivity index (χ1v) is 4.40. The molecule has 0 saturated heterocycles. The monoisotopic (exact) mass is 187 g/mol. The maximum atomic E-state index is 9.86. The van der Waals surface area contributed by atoms with Gasteiger partial charge in [-0.15, -0.1) is 0 Å². The minimum atomic E-state index is 0.493. The van der Waals surface area contributed by atoms with Crippen molar-refractivity contribution in [2.24, 2.45) is 4.99 Å². The van der Waals surface area contributed by atoms with Gasteiger partial charge in [-0.3, -0.25) is 0 Å². The topological polar surface area (TPSA) is 42.6 Å². The SMILES string of the molecule is O=C=NCCc1ccc2occc2c1. The molecule has 0 amide bonds. The number of nitrogens with zero attached hydrogens (tertiary/aromatic N) is 1. The highest BCUT2D eigenvalue weighted by atomic mass is 16.3. The molecule has 1 aromatic carbocycles. The second kappa shape index (κ2) is 3.90. The van der Waals surface area contributed by atoms with Crippen LogP contribution in [0.5, 0.6) is 0 Å². The molecule has 0 N–H and O–H groups in total. The molecule has 70 valence electrons. The van der Waals surface area contributed by atoms with Crippen molar-refractivity contribution in [3.63, 3.8) is 0 Å². The molecule has 0 radical (unpaired) electrons. The minimum absolute atomic E-state index is 0.493. The second-order valence-electron chi connectivity index (χ2n) is 3.02. The molecule has 2 rings (SSSR count). The summed E-state index contributed by atoms with van der Waals surface area (Å²) in [5.74, 6) is 0. The van der Waals surface area contributed by atoms with Crippen molar-refractivity contribution in [3.8, 4) is 0 Å². The first kappa shape index (κ1) is 8.73. The quantitative estimate of drug-likeness (QED) is 0.546. The van der Waals surface area contributed by atoms with E-state index in [-0.39, 0.29) is 0 Å². The molecule has 0 saturated carbocycles. The van der Waals surface area contributed by atoms with Gasteiger partial charge in [0.1, 0.15) is 5.58 Å². The molecular formula is C11H9NO2. The number of furan rings is 1. The third-order valence-corrected chi connectivity index (χ3v) is 2.09. The predicted octanol–water partition coefficient (Wildman–Crippen LogP) is 2.31.